The first kappa shape index (κ1) is 9.86. The third-order valence-corrected chi connectivity index (χ3v) is 3.40. The maximum Gasteiger partial charge on any atom is 0.115 e. The number of halogens is 3. The van der Waals surface area contributed by atoms with Gasteiger partial charge in [0, 0.05) is 8.96 Å². The molecule has 0 atom stereocenters. The second kappa shape index (κ2) is 3.82. The molecular formula is C9H4Br2IN. The van der Waals surface area contributed by atoms with Gasteiger partial charge in [-0.15, -0.1) is 0 Å². The summed E-state index contributed by atoms with van der Waals surface area (Å²) in [5.74, 6) is 0. The number of aromatic nitrogens is 1. The highest BCUT2D eigenvalue weighted by Crippen LogP contribution is 2.26. The van der Waals surface area contributed by atoms with Crippen molar-refractivity contribution in [3.8, 4) is 0 Å². The average Bonchev–Trinajstić information content (AvgIpc) is 2.06. The number of fused-ring (bicyclic) bond motifs is 1. The Kier molecular flexibility index (Phi) is 2.90. The first-order valence-electron chi connectivity index (χ1n) is 3.58. The molecule has 1 nitrogen and oxygen atoms in total. The van der Waals surface area contributed by atoms with Crippen LogP contribution in [-0.2, 0) is 0 Å². The largest absolute Gasteiger partial charge is 0.233 e. The maximum atomic E-state index is 4.27. The third-order valence-electron chi connectivity index (χ3n) is 1.72. The van der Waals surface area contributed by atoms with Crippen molar-refractivity contribution < 1.29 is 0 Å². The van der Waals surface area contributed by atoms with Crippen molar-refractivity contribution >= 4 is 65.2 Å². The zero-order valence-corrected chi connectivity index (χ0v) is 11.7. The number of pyridine rings is 1. The molecule has 0 unspecified atom stereocenters. The minimum Gasteiger partial charge on any atom is -0.233 e. The summed E-state index contributed by atoms with van der Waals surface area (Å²) in [4.78, 5) is 4.27. The van der Waals surface area contributed by atoms with Crippen LogP contribution in [0.3, 0.4) is 0 Å². The van der Waals surface area contributed by atoms with Crippen LogP contribution < -0.4 is 0 Å². The predicted molar refractivity (Wildman–Crippen MR) is 69.9 cm³/mol. The van der Waals surface area contributed by atoms with Crippen molar-refractivity contribution in [1.29, 1.82) is 0 Å². The van der Waals surface area contributed by atoms with Gasteiger partial charge in [-0.1, -0.05) is 6.07 Å². The van der Waals surface area contributed by atoms with E-state index in [9.17, 15) is 0 Å². The molecule has 0 spiro atoms. The number of hydrogen-bond donors (Lipinski definition) is 0. The van der Waals surface area contributed by atoms with Crippen molar-refractivity contribution in [3.63, 3.8) is 0 Å². The Morgan fingerprint density at radius 2 is 1.92 bits per heavy atom. The molecule has 0 saturated heterocycles. The summed E-state index contributed by atoms with van der Waals surface area (Å²) < 4.78 is 2.96. The van der Waals surface area contributed by atoms with Crippen LogP contribution in [0.25, 0.3) is 10.8 Å². The zero-order chi connectivity index (χ0) is 9.42. The van der Waals surface area contributed by atoms with Crippen molar-refractivity contribution in [1.82, 2.24) is 4.98 Å². The van der Waals surface area contributed by atoms with Gasteiger partial charge in [0.2, 0.25) is 0 Å². The van der Waals surface area contributed by atoms with Gasteiger partial charge < -0.3 is 0 Å². The van der Waals surface area contributed by atoms with Crippen LogP contribution in [0.5, 0.6) is 0 Å². The lowest BCUT2D eigenvalue weighted by Crippen LogP contribution is -1.82. The SMILES string of the molecule is Brc1cc2ccc(I)cc2c(Br)n1. The van der Waals surface area contributed by atoms with Crippen LogP contribution >= 0.6 is 54.5 Å². The Balaban J connectivity index is 2.87. The van der Waals surface area contributed by atoms with Gasteiger partial charge >= 0.3 is 0 Å². The smallest absolute Gasteiger partial charge is 0.115 e. The van der Waals surface area contributed by atoms with E-state index >= 15 is 0 Å². The summed E-state index contributed by atoms with van der Waals surface area (Å²) in [5, 5.41) is 2.34. The van der Waals surface area contributed by atoms with Gasteiger partial charge in [-0.2, -0.15) is 0 Å². The fourth-order valence-electron chi connectivity index (χ4n) is 1.15. The molecule has 0 aliphatic rings. The van der Waals surface area contributed by atoms with Gasteiger partial charge in [0.15, 0.2) is 0 Å². The Morgan fingerprint density at radius 3 is 2.69 bits per heavy atom. The van der Waals surface area contributed by atoms with Crippen LogP contribution in [0.2, 0.25) is 0 Å². The molecule has 2 aromatic rings. The highest BCUT2D eigenvalue weighted by atomic mass is 127. The van der Waals surface area contributed by atoms with E-state index < -0.39 is 0 Å². The summed E-state index contributed by atoms with van der Waals surface area (Å²) in [7, 11) is 0. The predicted octanol–water partition coefficient (Wildman–Crippen LogP) is 4.36. The lowest BCUT2D eigenvalue weighted by molar-refractivity contribution is 1.26. The van der Waals surface area contributed by atoms with Crippen molar-refractivity contribution in [2.24, 2.45) is 0 Å². The summed E-state index contributed by atoms with van der Waals surface area (Å²) >= 11 is 9.09. The van der Waals surface area contributed by atoms with Crippen LogP contribution in [0, 0.1) is 3.57 Å². The Bertz CT molecular complexity index is 470. The van der Waals surface area contributed by atoms with E-state index in [1.807, 2.05) is 6.07 Å². The number of hydrogen-bond acceptors (Lipinski definition) is 1. The van der Waals surface area contributed by atoms with Gasteiger partial charge in [-0.05, 0) is 78.0 Å². The molecule has 0 saturated carbocycles. The topological polar surface area (TPSA) is 12.9 Å². The highest BCUT2D eigenvalue weighted by Gasteiger charge is 2.02. The first-order chi connectivity index (χ1) is 6.16. The van der Waals surface area contributed by atoms with E-state index in [1.165, 1.54) is 8.96 Å². The quantitative estimate of drug-likeness (QED) is 0.462. The lowest BCUT2D eigenvalue weighted by Gasteiger charge is -2.01. The van der Waals surface area contributed by atoms with E-state index in [-0.39, 0.29) is 0 Å². The van der Waals surface area contributed by atoms with Crippen LogP contribution in [0.4, 0.5) is 0 Å². The molecule has 0 aliphatic heterocycles. The molecule has 0 amide bonds. The molecule has 66 valence electrons. The van der Waals surface area contributed by atoms with E-state index in [2.05, 4.69) is 77.6 Å². The van der Waals surface area contributed by atoms with Crippen molar-refractivity contribution in [2.75, 3.05) is 0 Å². The van der Waals surface area contributed by atoms with Gasteiger partial charge in [0.25, 0.3) is 0 Å². The molecule has 13 heavy (non-hydrogen) atoms. The summed E-state index contributed by atoms with van der Waals surface area (Å²) in [6, 6.07) is 8.30. The molecular weight excluding hydrogens is 409 g/mol. The Labute approximate surface area is 106 Å². The number of benzene rings is 1. The maximum absolute atomic E-state index is 4.27. The molecule has 0 radical (unpaired) electrons. The molecule has 0 fully saturated rings. The Hall–Kier alpha value is 0.320. The van der Waals surface area contributed by atoms with Gasteiger partial charge in [0.1, 0.15) is 9.21 Å². The lowest BCUT2D eigenvalue weighted by atomic mass is 10.2. The van der Waals surface area contributed by atoms with Crippen molar-refractivity contribution in [2.45, 2.75) is 0 Å². The minimum atomic E-state index is 0.855. The van der Waals surface area contributed by atoms with Gasteiger partial charge in [-0.3, -0.25) is 0 Å². The molecule has 0 bridgehead atoms. The second-order valence-electron chi connectivity index (χ2n) is 2.60. The van der Waals surface area contributed by atoms with Crippen LogP contribution in [0.1, 0.15) is 0 Å². The summed E-state index contributed by atoms with van der Waals surface area (Å²) in [5.41, 5.74) is 0. The Morgan fingerprint density at radius 1 is 1.15 bits per heavy atom. The first-order valence-corrected chi connectivity index (χ1v) is 6.24. The fraction of sp³-hybridized carbons (Fsp3) is 0. The van der Waals surface area contributed by atoms with Crippen LogP contribution in [0.15, 0.2) is 33.5 Å². The highest BCUT2D eigenvalue weighted by molar-refractivity contribution is 14.1. The van der Waals surface area contributed by atoms with Crippen LogP contribution in [-0.4, -0.2) is 4.98 Å². The molecule has 0 aliphatic carbocycles. The average molecular weight is 413 g/mol. The monoisotopic (exact) mass is 411 g/mol. The molecule has 1 aromatic heterocycles. The third kappa shape index (κ3) is 2.05. The summed E-state index contributed by atoms with van der Waals surface area (Å²) in [6.45, 7) is 0. The van der Waals surface area contributed by atoms with E-state index in [1.54, 1.807) is 0 Å². The minimum absolute atomic E-state index is 0.855. The van der Waals surface area contributed by atoms with E-state index in [4.69, 9.17) is 0 Å². The molecule has 0 N–H and O–H groups in total. The fourth-order valence-corrected chi connectivity index (χ4v) is 2.84. The van der Waals surface area contributed by atoms with Crippen molar-refractivity contribution in [3.05, 3.63) is 37.0 Å². The molecule has 4 heteroatoms. The number of nitrogens with zero attached hydrogens (tertiary/aromatic N) is 1. The number of rotatable bonds is 0. The molecule has 2 rings (SSSR count). The molecule has 1 aromatic carbocycles. The van der Waals surface area contributed by atoms with E-state index in [0.29, 0.717) is 0 Å². The van der Waals surface area contributed by atoms with Gasteiger partial charge in [-0.25, -0.2) is 4.98 Å². The standard InChI is InChI=1S/C9H4Br2IN/c10-8-3-5-1-2-6(12)4-7(5)9(11)13-8/h1-4H. The summed E-state index contributed by atoms with van der Waals surface area (Å²) in [6.07, 6.45) is 0. The van der Waals surface area contributed by atoms with E-state index in [0.717, 1.165) is 14.6 Å². The van der Waals surface area contributed by atoms with Gasteiger partial charge in [0.05, 0.1) is 0 Å². The normalized spacial score (nSPS) is 10.7. The molecule has 1 heterocycles. The second-order valence-corrected chi connectivity index (χ2v) is 5.41. The zero-order valence-electron chi connectivity index (χ0n) is 6.39.